The van der Waals surface area contributed by atoms with Gasteiger partial charge in [0.1, 0.15) is 15.4 Å². The molecule has 2 saturated heterocycles. The van der Waals surface area contributed by atoms with Crippen molar-refractivity contribution in [2.45, 2.75) is 43.9 Å². The summed E-state index contributed by atoms with van der Waals surface area (Å²) >= 11 is 3.10. The van der Waals surface area contributed by atoms with Gasteiger partial charge in [-0.2, -0.15) is 0 Å². The molecule has 2 aliphatic heterocycles. The van der Waals surface area contributed by atoms with Crippen LogP contribution in [0.1, 0.15) is 35.6 Å². The van der Waals surface area contributed by atoms with Gasteiger partial charge in [0.25, 0.3) is 5.56 Å². The molecule has 2 atom stereocenters. The van der Waals surface area contributed by atoms with E-state index in [1.54, 1.807) is 23.7 Å². The number of rotatable bonds is 7. The van der Waals surface area contributed by atoms with Crippen molar-refractivity contribution in [1.82, 2.24) is 38.9 Å². The Morgan fingerprint density at radius 2 is 1.85 bits per heavy atom. The van der Waals surface area contributed by atoms with E-state index in [4.69, 9.17) is 4.98 Å². The van der Waals surface area contributed by atoms with Crippen molar-refractivity contribution >= 4 is 50.0 Å². The van der Waals surface area contributed by atoms with Gasteiger partial charge in [-0.1, -0.05) is 30.3 Å². The third kappa shape index (κ3) is 5.96. The number of thiazole rings is 1. The summed E-state index contributed by atoms with van der Waals surface area (Å²) in [5.74, 6) is 0.0656. The first kappa shape index (κ1) is 31.0. The summed E-state index contributed by atoms with van der Waals surface area (Å²) in [4.78, 5) is 51.5. The Bertz CT molecular complexity index is 2150. The van der Waals surface area contributed by atoms with Gasteiger partial charge in [0.2, 0.25) is 5.91 Å². The van der Waals surface area contributed by atoms with Crippen molar-refractivity contribution in [2.75, 3.05) is 26.2 Å². The van der Waals surface area contributed by atoms with Crippen LogP contribution in [0, 0.1) is 5.92 Å². The second-order valence-corrected chi connectivity index (χ2v) is 15.1. The molecular weight excluding hydrogens is 645 g/mol. The summed E-state index contributed by atoms with van der Waals surface area (Å²) in [5.41, 5.74) is 2.63. The van der Waals surface area contributed by atoms with Crippen molar-refractivity contribution in [2.24, 2.45) is 13.0 Å². The highest BCUT2D eigenvalue weighted by Crippen LogP contribution is 2.37. The maximum absolute atomic E-state index is 14.1. The molecule has 1 aromatic carbocycles. The molecule has 0 aliphatic carbocycles. The number of aliphatic hydroxyl groups is 1. The number of carbonyl (C=O) groups is 1. The predicted octanol–water partition coefficient (Wildman–Crippen LogP) is 4.52. The minimum Gasteiger partial charge on any atom is -0.388 e. The van der Waals surface area contributed by atoms with Gasteiger partial charge in [-0.05, 0) is 48.9 Å². The molecule has 246 valence electrons. The van der Waals surface area contributed by atoms with E-state index in [0.29, 0.717) is 36.1 Å². The second kappa shape index (κ2) is 12.6. The highest BCUT2D eigenvalue weighted by molar-refractivity contribution is 7.16. The number of hydrogen-bond donors (Lipinski definition) is 1. The first-order valence-electron chi connectivity index (χ1n) is 16.3. The first-order valence-corrected chi connectivity index (χ1v) is 18.0. The molecule has 0 spiro atoms. The smallest absolute Gasteiger partial charge is 0.262 e. The summed E-state index contributed by atoms with van der Waals surface area (Å²) < 4.78 is 3.42. The van der Waals surface area contributed by atoms with Gasteiger partial charge in [-0.15, -0.1) is 22.7 Å². The average Bonchev–Trinajstić information content (AvgIpc) is 3.87. The molecule has 2 aliphatic rings. The molecule has 0 unspecified atom stereocenters. The lowest BCUT2D eigenvalue weighted by atomic mass is 9.79. The van der Waals surface area contributed by atoms with Gasteiger partial charge < -0.3 is 14.6 Å². The number of benzene rings is 1. The Hall–Kier alpha value is -4.30. The normalized spacial score (nSPS) is 20.1. The molecule has 2 fully saturated rings. The zero-order valence-corrected chi connectivity index (χ0v) is 28.2. The molecule has 48 heavy (non-hydrogen) atoms. The van der Waals surface area contributed by atoms with Crippen LogP contribution in [0.2, 0.25) is 0 Å². The van der Waals surface area contributed by atoms with E-state index in [9.17, 15) is 14.7 Å². The number of fused-ring (bicyclic) bond motifs is 2. The Kier molecular flexibility index (Phi) is 8.15. The van der Waals surface area contributed by atoms with E-state index in [1.807, 2.05) is 58.6 Å². The average molecular weight is 681 g/mol. The molecular formula is C35H36N8O3S2. The lowest BCUT2D eigenvalue weighted by Gasteiger charge is -2.43. The number of aryl methyl sites for hydroxylation is 1. The maximum Gasteiger partial charge on any atom is 0.262 e. The van der Waals surface area contributed by atoms with Gasteiger partial charge in [0.05, 0.1) is 30.2 Å². The number of aromatic nitrogens is 6. The molecule has 0 bridgehead atoms. The molecule has 0 radical (unpaired) electrons. The van der Waals surface area contributed by atoms with E-state index in [-0.39, 0.29) is 29.8 Å². The number of imidazole rings is 1. The number of amides is 1. The van der Waals surface area contributed by atoms with Crippen molar-refractivity contribution in [3.63, 3.8) is 0 Å². The van der Waals surface area contributed by atoms with Crippen molar-refractivity contribution in [3.05, 3.63) is 93.7 Å². The van der Waals surface area contributed by atoms with Crippen molar-refractivity contribution in [3.8, 4) is 10.6 Å². The van der Waals surface area contributed by atoms with Gasteiger partial charge in [-0.3, -0.25) is 19.1 Å². The van der Waals surface area contributed by atoms with Crippen LogP contribution >= 0.6 is 22.7 Å². The maximum atomic E-state index is 14.1. The van der Waals surface area contributed by atoms with E-state index in [2.05, 4.69) is 32.0 Å². The van der Waals surface area contributed by atoms with Crippen LogP contribution in [0.5, 0.6) is 0 Å². The number of hydrogen-bond acceptors (Lipinski definition) is 10. The lowest BCUT2D eigenvalue weighted by molar-refractivity contribution is -0.142. The first-order chi connectivity index (χ1) is 23.3. The molecule has 13 heteroatoms. The lowest BCUT2D eigenvalue weighted by Crippen LogP contribution is -2.53. The van der Waals surface area contributed by atoms with Crippen LogP contribution in [0.15, 0.2) is 77.7 Å². The predicted molar refractivity (Wildman–Crippen MR) is 187 cm³/mol. The molecule has 11 nitrogen and oxygen atoms in total. The number of pyridine rings is 1. The number of likely N-dealkylation sites (tertiary alicyclic amines) is 2. The molecule has 6 aromatic rings. The van der Waals surface area contributed by atoms with Crippen LogP contribution in [0.3, 0.4) is 0 Å². The van der Waals surface area contributed by atoms with Gasteiger partial charge in [0, 0.05) is 67.9 Å². The largest absolute Gasteiger partial charge is 0.388 e. The zero-order chi connectivity index (χ0) is 32.8. The standard InChI is InChI=1S/C35H36N8O3S2/c1-40-21-38-29-15-24(16-36-30(29)40)31-37-17-25(48-31)18-41-11-7-26(28(19-41)23-5-3-2-4-6-23)33(44)42-12-9-35(46,10-13-42)20-43-22-39-32-27(34(43)45)8-14-47-32/h2-6,8,14-17,21-22,26,28,46H,7,9-13,18-20H2,1H3/t26-,28+/m1/s1. The molecule has 7 heterocycles. The molecule has 0 saturated carbocycles. The molecule has 8 rings (SSSR count). The minimum absolute atomic E-state index is 0.0541. The number of nitrogens with zero attached hydrogens (tertiary/aromatic N) is 8. The van der Waals surface area contributed by atoms with Crippen LogP contribution in [-0.4, -0.2) is 81.7 Å². The highest BCUT2D eigenvalue weighted by Gasteiger charge is 2.41. The fourth-order valence-electron chi connectivity index (χ4n) is 7.22. The van der Waals surface area contributed by atoms with Crippen molar-refractivity contribution in [1.29, 1.82) is 0 Å². The molecule has 5 aromatic heterocycles. The fourth-order valence-corrected chi connectivity index (χ4v) is 8.88. The van der Waals surface area contributed by atoms with Gasteiger partial charge in [-0.25, -0.2) is 19.9 Å². The fraction of sp³-hybridized carbons (Fsp3) is 0.371. The number of carbonyl (C=O) groups excluding carboxylic acids is 1. The number of piperidine rings is 2. The summed E-state index contributed by atoms with van der Waals surface area (Å²) in [6.45, 7) is 3.45. The minimum atomic E-state index is -1.07. The monoisotopic (exact) mass is 680 g/mol. The Morgan fingerprint density at radius 3 is 2.69 bits per heavy atom. The van der Waals surface area contributed by atoms with E-state index in [1.165, 1.54) is 32.7 Å². The summed E-state index contributed by atoms with van der Waals surface area (Å²) in [7, 11) is 1.94. The van der Waals surface area contributed by atoms with E-state index in [0.717, 1.165) is 47.8 Å². The quantitative estimate of drug-likeness (QED) is 0.261. The summed E-state index contributed by atoms with van der Waals surface area (Å²) in [6.07, 6.45) is 8.70. The summed E-state index contributed by atoms with van der Waals surface area (Å²) in [6, 6.07) is 14.2. The van der Waals surface area contributed by atoms with Gasteiger partial charge in [0.15, 0.2) is 5.65 Å². The Morgan fingerprint density at radius 1 is 1.02 bits per heavy atom. The Labute approximate surface area is 285 Å². The zero-order valence-electron chi connectivity index (χ0n) is 26.6. The van der Waals surface area contributed by atoms with Crippen LogP contribution in [0.4, 0.5) is 0 Å². The topological polar surface area (TPSA) is 122 Å². The van der Waals surface area contributed by atoms with Crippen LogP contribution in [0.25, 0.3) is 32.0 Å². The Balaban J connectivity index is 0.938. The molecule has 1 amide bonds. The number of thiophene rings is 1. The summed E-state index contributed by atoms with van der Waals surface area (Å²) in [5, 5.41) is 14.8. The highest BCUT2D eigenvalue weighted by atomic mass is 32.1. The molecule has 1 N–H and O–H groups in total. The SMILES string of the molecule is Cn1cnc2cc(-c3ncc(CN4CC[C@@H](C(=O)N5CCC(O)(Cn6cnc7sccc7c6=O)CC5)[C@H](c5ccccc5)C4)s3)cnc21. The van der Waals surface area contributed by atoms with Crippen molar-refractivity contribution < 1.29 is 9.90 Å². The third-order valence-electron chi connectivity index (χ3n) is 9.89. The van der Waals surface area contributed by atoms with Gasteiger partial charge >= 0.3 is 0 Å². The third-order valence-corrected chi connectivity index (χ3v) is 11.7. The van der Waals surface area contributed by atoms with Crippen LogP contribution < -0.4 is 5.56 Å². The second-order valence-electron chi connectivity index (χ2n) is 13.1. The van der Waals surface area contributed by atoms with E-state index < -0.39 is 5.60 Å². The van der Waals surface area contributed by atoms with E-state index >= 15 is 0 Å². The van der Waals surface area contributed by atoms with Crippen LogP contribution in [-0.2, 0) is 24.9 Å².